The maximum atomic E-state index is 13.6. The van der Waals surface area contributed by atoms with Gasteiger partial charge in [-0.1, -0.05) is 27.5 Å². The first-order valence-electron chi connectivity index (χ1n) is 6.06. The van der Waals surface area contributed by atoms with Crippen LogP contribution in [-0.2, 0) is 6.18 Å². The monoisotopic (exact) mass is 410 g/mol. The van der Waals surface area contributed by atoms with Crippen LogP contribution in [0.25, 0.3) is 0 Å². The molecule has 0 aliphatic heterocycles. The summed E-state index contributed by atoms with van der Waals surface area (Å²) < 4.78 is 52.3. The maximum Gasteiger partial charge on any atom is 0.417 e. The van der Waals surface area contributed by atoms with Gasteiger partial charge in [0.05, 0.1) is 16.3 Å². The van der Waals surface area contributed by atoms with Gasteiger partial charge in [0.25, 0.3) is 0 Å². The lowest BCUT2D eigenvalue weighted by atomic mass is 10.2. The van der Waals surface area contributed by atoms with Gasteiger partial charge in [-0.25, -0.2) is 9.18 Å². The largest absolute Gasteiger partial charge is 0.417 e. The molecular formula is C14H8BrClF4N2O. The zero-order chi connectivity index (χ0) is 17.2. The van der Waals surface area contributed by atoms with E-state index in [1.54, 1.807) is 0 Å². The van der Waals surface area contributed by atoms with E-state index in [1.807, 2.05) is 0 Å². The predicted octanol–water partition coefficient (Wildman–Crippen LogP) is 5.90. The molecule has 23 heavy (non-hydrogen) atoms. The third-order valence-electron chi connectivity index (χ3n) is 2.71. The number of urea groups is 1. The second-order valence-electron chi connectivity index (χ2n) is 4.40. The highest BCUT2D eigenvalue weighted by Gasteiger charge is 2.33. The molecule has 122 valence electrons. The number of benzene rings is 2. The molecule has 2 N–H and O–H groups in total. The molecule has 0 saturated carbocycles. The molecule has 2 amide bonds. The second kappa shape index (κ2) is 6.76. The summed E-state index contributed by atoms with van der Waals surface area (Å²) in [5, 5.41) is 3.90. The van der Waals surface area contributed by atoms with Crippen LogP contribution in [-0.4, -0.2) is 6.03 Å². The Labute approximate surface area is 141 Å². The second-order valence-corrected chi connectivity index (χ2v) is 5.72. The van der Waals surface area contributed by atoms with E-state index in [-0.39, 0.29) is 11.4 Å². The van der Waals surface area contributed by atoms with Crippen molar-refractivity contribution in [2.75, 3.05) is 10.6 Å². The Kier molecular flexibility index (Phi) is 5.16. The van der Waals surface area contributed by atoms with Gasteiger partial charge >= 0.3 is 12.2 Å². The van der Waals surface area contributed by atoms with Gasteiger partial charge < -0.3 is 10.6 Å². The number of amides is 2. The number of halogens is 6. The van der Waals surface area contributed by atoms with E-state index in [2.05, 4.69) is 26.6 Å². The number of nitrogens with one attached hydrogen (secondary N) is 2. The van der Waals surface area contributed by atoms with Gasteiger partial charge in [0.2, 0.25) is 0 Å². The van der Waals surface area contributed by atoms with Crippen LogP contribution < -0.4 is 10.6 Å². The van der Waals surface area contributed by atoms with Crippen molar-refractivity contribution in [1.82, 2.24) is 0 Å². The first kappa shape index (κ1) is 17.6. The van der Waals surface area contributed by atoms with E-state index in [9.17, 15) is 22.4 Å². The van der Waals surface area contributed by atoms with Crippen molar-refractivity contribution in [3.63, 3.8) is 0 Å². The van der Waals surface area contributed by atoms with Gasteiger partial charge in [-0.3, -0.25) is 0 Å². The van der Waals surface area contributed by atoms with E-state index in [4.69, 9.17) is 11.6 Å². The minimum absolute atomic E-state index is 0.115. The highest BCUT2D eigenvalue weighted by Crippen LogP contribution is 2.36. The molecule has 9 heteroatoms. The lowest BCUT2D eigenvalue weighted by Crippen LogP contribution is -2.20. The maximum absolute atomic E-state index is 13.6. The molecule has 0 spiro atoms. The van der Waals surface area contributed by atoms with Crippen molar-refractivity contribution in [1.29, 1.82) is 0 Å². The normalized spacial score (nSPS) is 11.2. The zero-order valence-electron chi connectivity index (χ0n) is 11.1. The average Bonchev–Trinajstić information content (AvgIpc) is 2.43. The SMILES string of the molecule is O=C(Nc1ccc(Cl)c(C(F)(F)F)c1)Nc1ccc(Br)cc1F. The minimum Gasteiger partial charge on any atom is -0.308 e. The molecule has 0 aliphatic carbocycles. The lowest BCUT2D eigenvalue weighted by molar-refractivity contribution is -0.137. The van der Waals surface area contributed by atoms with Crippen molar-refractivity contribution < 1.29 is 22.4 Å². The standard InChI is InChI=1S/C14H8BrClF4N2O/c15-7-1-4-12(11(17)5-7)22-13(23)21-8-2-3-10(16)9(6-8)14(18,19)20/h1-6H,(H2,21,22,23). The molecule has 0 atom stereocenters. The highest BCUT2D eigenvalue weighted by molar-refractivity contribution is 9.10. The number of rotatable bonds is 2. The van der Waals surface area contributed by atoms with Gasteiger partial charge in [-0.15, -0.1) is 0 Å². The van der Waals surface area contributed by atoms with Gasteiger partial charge in [-0.05, 0) is 36.4 Å². The van der Waals surface area contributed by atoms with Crippen molar-refractivity contribution in [3.05, 3.63) is 57.3 Å². The average molecular weight is 412 g/mol. The van der Waals surface area contributed by atoms with Crippen LogP contribution in [0.5, 0.6) is 0 Å². The van der Waals surface area contributed by atoms with Gasteiger partial charge in [0.15, 0.2) is 0 Å². The third kappa shape index (κ3) is 4.59. The molecule has 0 unspecified atom stereocenters. The van der Waals surface area contributed by atoms with E-state index < -0.39 is 28.6 Å². The van der Waals surface area contributed by atoms with Crippen LogP contribution in [0.1, 0.15) is 5.56 Å². The van der Waals surface area contributed by atoms with Crippen molar-refractivity contribution in [3.8, 4) is 0 Å². The summed E-state index contributed by atoms with van der Waals surface area (Å²) in [6, 6.07) is 5.97. The summed E-state index contributed by atoms with van der Waals surface area (Å²) in [5.41, 5.74) is -1.32. The number of alkyl halides is 3. The summed E-state index contributed by atoms with van der Waals surface area (Å²) >= 11 is 8.54. The first-order chi connectivity index (χ1) is 10.7. The van der Waals surface area contributed by atoms with Crippen LogP contribution in [0.15, 0.2) is 40.9 Å². The Balaban J connectivity index is 2.14. The molecule has 0 saturated heterocycles. The summed E-state index contributed by atoms with van der Waals surface area (Å²) in [7, 11) is 0. The Morgan fingerprint density at radius 2 is 1.78 bits per heavy atom. The van der Waals surface area contributed by atoms with E-state index in [0.717, 1.165) is 12.1 Å². The van der Waals surface area contributed by atoms with Gasteiger partial charge in [-0.2, -0.15) is 13.2 Å². The Morgan fingerprint density at radius 3 is 2.39 bits per heavy atom. The van der Waals surface area contributed by atoms with Crippen LogP contribution in [0, 0.1) is 5.82 Å². The molecule has 2 aromatic carbocycles. The fraction of sp³-hybridized carbons (Fsp3) is 0.0714. The van der Waals surface area contributed by atoms with Crippen LogP contribution in [0.3, 0.4) is 0 Å². The Morgan fingerprint density at radius 1 is 1.09 bits per heavy atom. The highest BCUT2D eigenvalue weighted by atomic mass is 79.9. The predicted molar refractivity (Wildman–Crippen MR) is 83.2 cm³/mol. The lowest BCUT2D eigenvalue weighted by Gasteiger charge is -2.12. The zero-order valence-corrected chi connectivity index (χ0v) is 13.5. The van der Waals surface area contributed by atoms with Gasteiger partial charge in [0, 0.05) is 10.2 Å². The molecule has 0 fully saturated rings. The third-order valence-corrected chi connectivity index (χ3v) is 3.53. The van der Waals surface area contributed by atoms with E-state index >= 15 is 0 Å². The molecule has 2 aromatic rings. The van der Waals surface area contributed by atoms with E-state index in [0.29, 0.717) is 10.5 Å². The van der Waals surface area contributed by atoms with Crippen molar-refractivity contribution in [2.45, 2.75) is 6.18 Å². The molecule has 0 radical (unpaired) electrons. The molecule has 0 heterocycles. The summed E-state index contributed by atoms with van der Waals surface area (Å²) in [4.78, 5) is 11.8. The summed E-state index contributed by atoms with van der Waals surface area (Å²) in [5.74, 6) is -0.693. The van der Waals surface area contributed by atoms with Crippen LogP contribution in [0.4, 0.5) is 33.7 Å². The smallest absolute Gasteiger partial charge is 0.308 e. The van der Waals surface area contributed by atoms with Crippen molar-refractivity contribution >= 4 is 44.9 Å². The molecule has 0 aromatic heterocycles. The molecule has 2 rings (SSSR count). The molecule has 0 bridgehead atoms. The first-order valence-corrected chi connectivity index (χ1v) is 7.24. The van der Waals surface area contributed by atoms with Crippen LogP contribution in [0.2, 0.25) is 5.02 Å². The number of carbonyl (C=O) groups excluding carboxylic acids is 1. The van der Waals surface area contributed by atoms with Gasteiger partial charge in [0.1, 0.15) is 5.82 Å². The number of hydrogen-bond acceptors (Lipinski definition) is 1. The number of hydrogen-bond donors (Lipinski definition) is 2. The molecule has 0 aliphatic rings. The Bertz CT molecular complexity index is 752. The number of carbonyl (C=O) groups is 1. The topological polar surface area (TPSA) is 41.1 Å². The fourth-order valence-corrected chi connectivity index (χ4v) is 2.25. The Hall–Kier alpha value is -1.80. The summed E-state index contributed by atoms with van der Waals surface area (Å²) in [6.45, 7) is 0. The van der Waals surface area contributed by atoms with E-state index in [1.165, 1.54) is 18.2 Å². The minimum atomic E-state index is -4.65. The summed E-state index contributed by atoms with van der Waals surface area (Å²) in [6.07, 6.45) is -4.65. The molecular weight excluding hydrogens is 404 g/mol. The number of anilines is 2. The molecule has 3 nitrogen and oxygen atoms in total. The van der Waals surface area contributed by atoms with Crippen molar-refractivity contribution in [2.24, 2.45) is 0 Å². The fourth-order valence-electron chi connectivity index (χ4n) is 1.70. The quantitative estimate of drug-likeness (QED) is 0.593. The van der Waals surface area contributed by atoms with Crippen LogP contribution >= 0.6 is 27.5 Å².